The molecule has 0 heterocycles. The van der Waals surface area contributed by atoms with E-state index < -0.39 is 0 Å². The topological polar surface area (TPSA) is 18.5 Å². The van der Waals surface area contributed by atoms with Crippen molar-refractivity contribution in [3.63, 3.8) is 0 Å². The van der Waals surface area contributed by atoms with Crippen molar-refractivity contribution in [2.45, 2.75) is 33.3 Å². The highest BCUT2D eigenvalue weighted by Crippen LogP contribution is 2.25. The fourth-order valence-corrected chi connectivity index (χ4v) is 2.32. The minimum absolute atomic E-state index is 0.179. The van der Waals surface area contributed by atoms with Gasteiger partial charge in [-0.15, -0.1) is 0 Å². The van der Waals surface area contributed by atoms with E-state index in [0.717, 1.165) is 23.2 Å². The number of rotatable bonds is 6. The minimum Gasteiger partial charge on any atom is -0.497 e. The van der Waals surface area contributed by atoms with Gasteiger partial charge < -0.3 is 9.47 Å². The molecule has 0 aliphatic heterocycles. The van der Waals surface area contributed by atoms with Crippen LogP contribution in [0.3, 0.4) is 0 Å². The summed E-state index contributed by atoms with van der Waals surface area (Å²) in [6.45, 7) is 7.53. The Morgan fingerprint density at radius 3 is 2.22 bits per heavy atom. The smallest absolute Gasteiger partial charge is 0.118 e. The van der Waals surface area contributed by atoms with Crippen LogP contribution in [0, 0.1) is 5.41 Å². The Hall–Kier alpha value is -0.290. The molecule has 1 rings (SSSR count). The van der Waals surface area contributed by atoms with Crippen molar-refractivity contribution >= 4 is 22.6 Å². The average molecular weight is 362 g/mol. The van der Waals surface area contributed by atoms with Gasteiger partial charge in [-0.25, -0.2) is 0 Å². The SMILES string of the molecule is COc1ccc(C(CI)OCCC(C)(C)C)cc1. The van der Waals surface area contributed by atoms with E-state index >= 15 is 0 Å². The van der Waals surface area contributed by atoms with Gasteiger partial charge in [0.1, 0.15) is 5.75 Å². The third-order valence-electron chi connectivity index (χ3n) is 2.80. The maximum Gasteiger partial charge on any atom is 0.118 e. The molecule has 0 fully saturated rings. The molecule has 1 aromatic carbocycles. The van der Waals surface area contributed by atoms with Crippen molar-refractivity contribution in [3.8, 4) is 5.75 Å². The Labute approximate surface area is 124 Å². The molecule has 0 saturated heterocycles. The molecule has 0 N–H and O–H groups in total. The van der Waals surface area contributed by atoms with Gasteiger partial charge in [0.25, 0.3) is 0 Å². The highest BCUT2D eigenvalue weighted by molar-refractivity contribution is 14.1. The number of methoxy groups -OCH3 is 1. The van der Waals surface area contributed by atoms with Crippen LogP contribution in [0.15, 0.2) is 24.3 Å². The molecule has 3 heteroatoms. The number of hydrogen-bond donors (Lipinski definition) is 0. The second kappa shape index (κ2) is 7.34. The second-order valence-corrected chi connectivity index (χ2v) is 6.48. The van der Waals surface area contributed by atoms with Gasteiger partial charge in [-0.3, -0.25) is 0 Å². The van der Waals surface area contributed by atoms with Crippen LogP contribution in [0.4, 0.5) is 0 Å². The minimum atomic E-state index is 0.179. The molecule has 1 atom stereocenters. The largest absolute Gasteiger partial charge is 0.497 e. The summed E-state index contributed by atoms with van der Waals surface area (Å²) in [6, 6.07) is 8.14. The van der Waals surface area contributed by atoms with Crippen molar-refractivity contribution in [1.29, 1.82) is 0 Å². The van der Waals surface area contributed by atoms with Gasteiger partial charge in [-0.05, 0) is 29.5 Å². The molecule has 0 radical (unpaired) electrons. The average Bonchev–Trinajstić information content (AvgIpc) is 2.34. The number of ether oxygens (including phenoxy) is 2. The van der Waals surface area contributed by atoms with Gasteiger partial charge in [-0.2, -0.15) is 0 Å². The summed E-state index contributed by atoms with van der Waals surface area (Å²) in [4.78, 5) is 0. The standard InChI is InChI=1S/C15H23IO2/c1-15(2,3)9-10-18-14(11-16)12-5-7-13(17-4)8-6-12/h5-8,14H,9-11H2,1-4H3. The van der Waals surface area contributed by atoms with Crippen LogP contribution >= 0.6 is 22.6 Å². The van der Waals surface area contributed by atoms with Crippen molar-refractivity contribution in [2.24, 2.45) is 5.41 Å². The predicted octanol–water partition coefficient (Wildman–Crippen LogP) is 4.62. The summed E-state index contributed by atoms with van der Waals surface area (Å²) < 4.78 is 12.1. The van der Waals surface area contributed by atoms with Gasteiger partial charge in [-0.1, -0.05) is 55.5 Å². The quantitative estimate of drug-likeness (QED) is 0.543. The van der Waals surface area contributed by atoms with Crippen molar-refractivity contribution in [2.75, 3.05) is 18.1 Å². The lowest BCUT2D eigenvalue weighted by atomic mass is 9.93. The van der Waals surface area contributed by atoms with Gasteiger partial charge in [0.15, 0.2) is 0 Å². The van der Waals surface area contributed by atoms with E-state index in [1.54, 1.807) is 7.11 Å². The summed E-state index contributed by atoms with van der Waals surface area (Å²) in [7, 11) is 1.69. The Balaban J connectivity index is 2.54. The first-order valence-corrected chi connectivity index (χ1v) is 7.80. The van der Waals surface area contributed by atoms with Crippen LogP contribution in [-0.2, 0) is 4.74 Å². The fraction of sp³-hybridized carbons (Fsp3) is 0.600. The zero-order chi connectivity index (χ0) is 13.6. The van der Waals surface area contributed by atoms with E-state index in [1.165, 1.54) is 5.56 Å². The molecule has 2 nitrogen and oxygen atoms in total. The van der Waals surface area contributed by atoms with Crippen LogP contribution < -0.4 is 4.74 Å². The van der Waals surface area contributed by atoms with Gasteiger partial charge in [0.2, 0.25) is 0 Å². The number of hydrogen-bond acceptors (Lipinski definition) is 2. The van der Waals surface area contributed by atoms with E-state index in [2.05, 4.69) is 55.5 Å². The molecule has 1 unspecified atom stereocenters. The van der Waals surface area contributed by atoms with E-state index in [1.807, 2.05) is 12.1 Å². The zero-order valence-electron chi connectivity index (χ0n) is 11.7. The lowest BCUT2D eigenvalue weighted by Gasteiger charge is -2.21. The number of alkyl halides is 1. The first-order chi connectivity index (χ1) is 8.46. The second-order valence-electron chi connectivity index (χ2n) is 5.60. The molecule has 1 aromatic rings. The lowest BCUT2D eigenvalue weighted by molar-refractivity contribution is 0.0531. The van der Waals surface area contributed by atoms with Gasteiger partial charge in [0.05, 0.1) is 13.2 Å². The van der Waals surface area contributed by atoms with Gasteiger partial charge >= 0.3 is 0 Å². The van der Waals surface area contributed by atoms with E-state index in [0.29, 0.717) is 5.41 Å². The van der Waals surface area contributed by atoms with E-state index in [-0.39, 0.29) is 6.10 Å². The number of halogens is 1. The van der Waals surface area contributed by atoms with Crippen molar-refractivity contribution in [3.05, 3.63) is 29.8 Å². The molecule has 0 bridgehead atoms. The summed E-state index contributed by atoms with van der Waals surface area (Å²) in [6.07, 6.45) is 1.26. The van der Waals surface area contributed by atoms with Crippen LogP contribution in [0.25, 0.3) is 0 Å². The lowest BCUT2D eigenvalue weighted by Crippen LogP contribution is -2.13. The Kier molecular flexibility index (Phi) is 6.43. The van der Waals surface area contributed by atoms with Crippen LogP contribution in [0.5, 0.6) is 5.75 Å². The highest BCUT2D eigenvalue weighted by Gasteiger charge is 2.14. The van der Waals surface area contributed by atoms with Crippen molar-refractivity contribution in [1.82, 2.24) is 0 Å². The summed E-state index contributed by atoms with van der Waals surface area (Å²) >= 11 is 2.38. The molecular weight excluding hydrogens is 339 g/mol. The van der Waals surface area contributed by atoms with Crippen LogP contribution in [-0.4, -0.2) is 18.1 Å². The molecule has 0 saturated carbocycles. The molecule has 0 aromatic heterocycles. The maximum absolute atomic E-state index is 5.98. The third kappa shape index (κ3) is 5.57. The van der Waals surface area contributed by atoms with Crippen LogP contribution in [0.2, 0.25) is 0 Å². The molecule has 0 aliphatic rings. The van der Waals surface area contributed by atoms with E-state index in [9.17, 15) is 0 Å². The monoisotopic (exact) mass is 362 g/mol. The molecular formula is C15H23IO2. The Morgan fingerprint density at radius 2 is 1.78 bits per heavy atom. The van der Waals surface area contributed by atoms with Gasteiger partial charge in [0, 0.05) is 11.0 Å². The molecule has 102 valence electrons. The number of benzene rings is 1. The van der Waals surface area contributed by atoms with Crippen LogP contribution in [0.1, 0.15) is 38.9 Å². The summed E-state index contributed by atoms with van der Waals surface area (Å²) in [5.74, 6) is 0.889. The molecule has 0 spiro atoms. The zero-order valence-corrected chi connectivity index (χ0v) is 13.9. The van der Waals surface area contributed by atoms with E-state index in [4.69, 9.17) is 9.47 Å². The molecule has 0 aliphatic carbocycles. The Bertz CT molecular complexity index is 341. The predicted molar refractivity (Wildman–Crippen MR) is 84.6 cm³/mol. The third-order valence-corrected chi connectivity index (χ3v) is 3.60. The Morgan fingerprint density at radius 1 is 1.17 bits per heavy atom. The first-order valence-electron chi connectivity index (χ1n) is 6.28. The van der Waals surface area contributed by atoms with Crippen molar-refractivity contribution < 1.29 is 9.47 Å². The highest BCUT2D eigenvalue weighted by atomic mass is 127. The normalized spacial score (nSPS) is 13.4. The summed E-state index contributed by atoms with van der Waals surface area (Å²) in [5.41, 5.74) is 1.55. The maximum atomic E-state index is 5.98. The molecule has 0 amide bonds. The fourth-order valence-electron chi connectivity index (χ4n) is 1.56. The first kappa shape index (κ1) is 15.8. The molecule has 18 heavy (non-hydrogen) atoms. The summed E-state index contributed by atoms with van der Waals surface area (Å²) in [5, 5.41) is 0.